The van der Waals surface area contributed by atoms with Crippen LogP contribution < -0.4 is 10.1 Å². The van der Waals surface area contributed by atoms with Gasteiger partial charge in [0.15, 0.2) is 12.4 Å². The summed E-state index contributed by atoms with van der Waals surface area (Å²) in [7, 11) is 0. The van der Waals surface area contributed by atoms with Gasteiger partial charge >= 0.3 is 5.91 Å². The number of hydrogen-bond donors (Lipinski definition) is 1. The number of carbonyl (C=O) groups is 2. The number of hydrogen-bond acceptors (Lipinski definition) is 3. The summed E-state index contributed by atoms with van der Waals surface area (Å²) >= 11 is 0. The number of nitrogens with zero attached hydrogens (tertiary/aromatic N) is 3. The van der Waals surface area contributed by atoms with Gasteiger partial charge in [0.05, 0.1) is 11.3 Å². The molecule has 32 heavy (non-hydrogen) atoms. The Morgan fingerprint density at radius 1 is 1.00 bits per heavy atom. The molecule has 3 heterocycles. The molecular formula is C24H24FN4O3+. The van der Waals surface area contributed by atoms with Gasteiger partial charge in [-0.15, -0.1) is 0 Å². The maximum Gasteiger partial charge on any atom is 0.326 e. The molecule has 0 unspecified atom stereocenters. The van der Waals surface area contributed by atoms with Crippen LogP contribution in [0.5, 0.6) is 0 Å². The number of aromatic nitrogens is 3. The molecule has 7 nitrogen and oxygen atoms in total. The Labute approximate surface area is 184 Å². The Morgan fingerprint density at radius 2 is 1.66 bits per heavy atom. The van der Waals surface area contributed by atoms with Gasteiger partial charge < -0.3 is 0 Å². The van der Waals surface area contributed by atoms with Crippen LogP contribution in [0.1, 0.15) is 44.4 Å². The molecule has 0 atom stereocenters. The number of nitrogens with one attached hydrogen (secondary N) is 1. The monoisotopic (exact) mass is 435 g/mol. The lowest BCUT2D eigenvalue weighted by Gasteiger charge is -2.12. The van der Waals surface area contributed by atoms with Gasteiger partial charge in [-0.05, 0) is 36.6 Å². The number of pyridine rings is 1. The van der Waals surface area contributed by atoms with Gasteiger partial charge in [-0.2, -0.15) is 4.57 Å². The third kappa shape index (κ3) is 3.47. The minimum absolute atomic E-state index is 0.0745. The summed E-state index contributed by atoms with van der Waals surface area (Å²) in [5.41, 5.74) is 0.874. The topological polar surface area (TPSA) is 79.1 Å². The van der Waals surface area contributed by atoms with E-state index in [2.05, 4.69) is 5.10 Å². The number of H-pyrrole nitrogens is 1. The first-order chi connectivity index (χ1) is 15.3. The van der Waals surface area contributed by atoms with Gasteiger partial charge in [0, 0.05) is 24.4 Å². The van der Waals surface area contributed by atoms with Crippen molar-refractivity contribution >= 4 is 23.1 Å². The summed E-state index contributed by atoms with van der Waals surface area (Å²) in [5, 5.41) is 3.07. The van der Waals surface area contributed by atoms with Crippen molar-refractivity contribution in [2.24, 2.45) is 0 Å². The number of benzene rings is 1. The van der Waals surface area contributed by atoms with Crippen molar-refractivity contribution in [1.82, 2.24) is 14.7 Å². The number of carbonyl (C=O) groups excluding carboxylic acids is 2. The molecule has 3 aromatic rings. The maximum absolute atomic E-state index is 13.6. The predicted octanol–water partition coefficient (Wildman–Crippen LogP) is 2.86. The average molecular weight is 435 g/mol. The maximum atomic E-state index is 13.6. The second kappa shape index (κ2) is 8.37. The van der Waals surface area contributed by atoms with Crippen LogP contribution >= 0.6 is 0 Å². The van der Waals surface area contributed by atoms with Crippen molar-refractivity contribution in [2.45, 2.75) is 33.1 Å². The van der Waals surface area contributed by atoms with Crippen molar-refractivity contribution < 1.29 is 18.5 Å². The Hall–Kier alpha value is -3.81. The van der Waals surface area contributed by atoms with E-state index in [9.17, 15) is 18.8 Å². The largest absolute Gasteiger partial charge is 0.326 e. The summed E-state index contributed by atoms with van der Waals surface area (Å²) in [6.07, 6.45) is 3.95. The van der Waals surface area contributed by atoms with E-state index in [0.29, 0.717) is 17.8 Å². The van der Waals surface area contributed by atoms with Crippen LogP contribution in [0.2, 0.25) is 0 Å². The molecule has 0 bridgehead atoms. The Kier molecular flexibility index (Phi) is 5.61. The summed E-state index contributed by atoms with van der Waals surface area (Å²) in [5.74, 6) is -1.49. The van der Waals surface area contributed by atoms with E-state index >= 15 is 0 Å². The molecule has 0 radical (unpaired) electrons. The summed E-state index contributed by atoms with van der Waals surface area (Å²) in [6.45, 7) is 5.92. The van der Waals surface area contributed by atoms with Crippen LogP contribution in [0.4, 0.5) is 4.39 Å². The fourth-order valence-corrected chi connectivity index (χ4v) is 3.89. The highest BCUT2D eigenvalue weighted by molar-refractivity contribution is 6.44. The Morgan fingerprint density at radius 3 is 2.25 bits per heavy atom. The minimum Gasteiger partial charge on any atom is -0.294 e. The number of amides is 2. The average Bonchev–Trinajstić information content (AvgIpc) is 3.24. The molecule has 0 saturated carbocycles. The van der Waals surface area contributed by atoms with Crippen LogP contribution in [0.3, 0.4) is 0 Å². The predicted molar refractivity (Wildman–Crippen MR) is 117 cm³/mol. The molecule has 2 aromatic heterocycles. The molecule has 1 N–H and O–H groups in total. The summed E-state index contributed by atoms with van der Waals surface area (Å²) < 4.78 is 16.3. The zero-order valence-electron chi connectivity index (χ0n) is 18.1. The van der Waals surface area contributed by atoms with Gasteiger partial charge in [0.25, 0.3) is 17.2 Å². The lowest BCUT2D eigenvalue weighted by molar-refractivity contribution is -0.576. The third-order valence-electron chi connectivity index (χ3n) is 5.40. The highest BCUT2D eigenvalue weighted by atomic mass is 19.1. The molecule has 0 fully saturated rings. The van der Waals surface area contributed by atoms with Crippen LogP contribution in [0.15, 0.2) is 59.7 Å². The van der Waals surface area contributed by atoms with Crippen LogP contribution in [-0.4, -0.2) is 33.0 Å². The van der Waals surface area contributed by atoms with Crippen molar-refractivity contribution in [3.63, 3.8) is 0 Å². The van der Waals surface area contributed by atoms with E-state index in [1.807, 2.05) is 20.8 Å². The molecule has 1 aromatic carbocycles. The van der Waals surface area contributed by atoms with Crippen molar-refractivity contribution in [2.75, 3.05) is 6.54 Å². The molecule has 1 aliphatic heterocycles. The second-order valence-corrected chi connectivity index (χ2v) is 7.94. The fourth-order valence-electron chi connectivity index (χ4n) is 3.89. The molecule has 4 rings (SSSR count). The highest BCUT2D eigenvalue weighted by Gasteiger charge is 2.47. The first kappa shape index (κ1) is 21.4. The highest BCUT2D eigenvalue weighted by Crippen LogP contribution is 2.32. The van der Waals surface area contributed by atoms with Gasteiger partial charge in [-0.3, -0.25) is 24.4 Å². The van der Waals surface area contributed by atoms with Crippen LogP contribution in [0, 0.1) is 5.82 Å². The Bertz CT molecular complexity index is 1270. The molecule has 8 heteroatoms. The van der Waals surface area contributed by atoms with Crippen LogP contribution in [-0.2, 0) is 9.59 Å². The normalized spacial score (nSPS) is 14.2. The van der Waals surface area contributed by atoms with E-state index in [4.69, 9.17) is 0 Å². The summed E-state index contributed by atoms with van der Waals surface area (Å²) in [6, 6.07) is 10.8. The molecule has 1 aliphatic rings. The SMILES string of the molecule is CCCN1C(=O)C(c2c(C(C)C)[nH]n(-c3ccc(F)cc3)c2=O)=C([n+]2ccccc2)C1=O. The third-order valence-corrected chi connectivity index (χ3v) is 5.40. The van der Waals surface area contributed by atoms with E-state index < -0.39 is 23.2 Å². The van der Waals surface area contributed by atoms with Crippen molar-refractivity contribution in [1.29, 1.82) is 0 Å². The molecule has 164 valence electrons. The number of aromatic amines is 1. The molecule has 0 aliphatic carbocycles. The number of halogens is 1. The van der Waals surface area contributed by atoms with E-state index in [1.54, 1.807) is 35.2 Å². The number of rotatable bonds is 6. The fraction of sp³-hybridized carbons (Fsp3) is 0.250. The van der Waals surface area contributed by atoms with Crippen LogP contribution in [0.25, 0.3) is 17.0 Å². The van der Waals surface area contributed by atoms with E-state index in [0.717, 1.165) is 0 Å². The smallest absolute Gasteiger partial charge is 0.294 e. The second-order valence-electron chi connectivity index (χ2n) is 7.94. The number of imide groups is 1. The zero-order valence-corrected chi connectivity index (χ0v) is 18.1. The standard InChI is InChI=1S/C24H23FN4O3/c1-4-12-28-22(30)19(21(24(28)32)27-13-6-5-7-14-27)18-20(15(2)3)26-29(23(18)31)17-10-8-16(25)9-11-17/h5-11,13-15H,4,12H2,1-3H3/p+1. The molecule has 0 saturated heterocycles. The Balaban J connectivity index is 2.02. The minimum atomic E-state index is -0.493. The van der Waals surface area contributed by atoms with Gasteiger partial charge in [-0.25, -0.2) is 9.07 Å². The molecule has 0 spiro atoms. The van der Waals surface area contributed by atoms with Gasteiger partial charge in [0.2, 0.25) is 0 Å². The lowest BCUT2D eigenvalue weighted by atomic mass is 9.98. The zero-order chi connectivity index (χ0) is 23.0. The lowest BCUT2D eigenvalue weighted by Crippen LogP contribution is -2.39. The first-order valence-electron chi connectivity index (χ1n) is 10.5. The van der Waals surface area contributed by atoms with Crippen molar-refractivity contribution in [3.8, 4) is 5.69 Å². The van der Waals surface area contributed by atoms with Gasteiger partial charge in [0.1, 0.15) is 11.4 Å². The van der Waals surface area contributed by atoms with E-state index in [1.165, 1.54) is 33.8 Å². The first-order valence-corrected chi connectivity index (χ1v) is 10.5. The quantitative estimate of drug-likeness (QED) is 0.478. The van der Waals surface area contributed by atoms with Crippen molar-refractivity contribution in [3.05, 3.63) is 82.3 Å². The van der Waals surface area contributed by atoms with E-state index in [-0.39, 0.29) is 29.3 Å². The van der Waals surface area contributed by atoms with Gasteiger partial charge in [-0.1, -0.05) is 26.8 Å². The summed E-state index contributed by atoms with van der Waals surface area (Å²) in [4.78, 5) is 41.4. The molecule has 2 amide bonds. The molecular weight excluding hydrogens is 411 g/mol.